The fraction of sp³-hybridized carbons (Fsp3) is 0.0588. The van der Waals surface area contributed by atoms with Crippen molar-refractivity contribution in [3.63, 3.8) is 0 Å². The third-order valence-electron chi connectivity index (χ3n) is 3.82. The van der Waals surface area contributed by atoms with E-state index in [-0.39, 0.29) is 12.6 Å². The molecule has 2 aromatic carbocycles. The summed E-state index contributed by atoms with van der Waals surface area (Å²) in [6.45, 7) is 0.117. The Kier molecular flexibility index (Phi) is 3.09. The molecule has 2 heterocycles. The molecule has 3 aromatic rings. The van der Waals surface area contributed by atoms with Crippen LogP contribution in [0.15, 0.2) is 48.5 Å². The van der Waals surface area contributed by atoms with Crippen molar-refractivity contribution >= 4 is 40.1 Å². The van der Waals surface area contributed by atoms with Crippen LogP contribution in [0.3, 0.4) is 0 Å². The van der Waals surface area contributed by atoms with Crippen LogP contribution in [-0.2, 0) is 11.5 Å². The third-order valence-corrected chi connectivity index (χ3v) is 4.05. The molecular weight excluding hydrogens is 316 g/mol. The van der Waals surface area contributed by atoms with E-state index in [0.717, 1.165) is 10.9 Å². The highest BCUT2D eigenvalue weighted by atomic mass is 35.5. The predicted octanol–water partition coefficient (Wildman–Crippen LogP) is 3.67. The number of anilines is 1. The molecule has 0 bridgehead atoms. The van der Waals surface area contributed by atoms with Gasteiger partial charge in [-0.15, -0.1) is 0 Å². The number of ether oxygens (including phenoxy) is 1. The van der Waals surface area contributed by atoms with E-state index < -0.39 is 5.97 Å². The van der Waals surface area contributed by atoms with Crippen molar-refractivity contribution in [1.82, 2.24) is 4.57 Å². The van der Waals surface area contributed by atoms with Gasteiger partial charge in [0.1, 0.15) is 0 Å². The number of cyclic esters (lactones) is 1. The second-order valence-corrected chi connectivity index (χ2v) is 5.63. The summed E-state index contributed by atoms with van der Waals surface area (Å²) >= 11 is 6.04. The number of halogens is 1. The number of hydrogen-bond acceptors (Lipinski definition) is 3. The van der Waals surface area contributed by atoms with E-state index in [0.29, 0.717) is 22.0 Å². The molecule has 1 aromatic heterocycles. The normalized spacial score (nSPS) is 13.0. The van der Waals surface area contributed by atoms with Crippen LogP contribution in [0.1, 0.15) is 20.8 Å². The van der Waals surface area contributed by atoms with Crippen LogP contribution in [-0.4, -0.2) is 16.4 Å². The summed E-state index contributed by atoms with van der Waals surface area (Å²) < 4.78 is 6.78. The second kappa shape index (κ2) is 5.14. The van der Waals surface area contributed by atoms with E-state index in [4.69, 9.17) is 16.3 Å². The van der Waals surface area contributed by atoms with Crippen molar-refractivity contribution in [3.05, 3.63) is 64.8 Å². The molecule has 23 heavy (non-hydrogen) atoms. The minimum Gasteiger partial charge on any atom is -0.439 e. The van der Waals surface area contributed by atoms with Gasteiger partial charge in [-0.3, -0.25) is 9.36 Å². The van der Waals surface area contributed by atoms with Gasteiger partial charge in [-0.25, -0.2) is 4.79 Å². The number of carbonyl (C=O) groups excluding carboxylic acids is 2. The summed E-state index contributed by atoms with van der Waals surface area (Å²) in [4.78, 5) is 24.5. The maximum absolute atomic E-state index is 12.4. The van der Waals surface area contributed by atoms with Gasteiger partial charge >= 0.3 is 5.97 Å². The summed E-state index contributed by atoms with van der Waals surface area (Å²) in [7, 11) is 0. The molecule has 1 aliphatic rings. The topological polar surface area (TPSA) is 60.3 Å². The molecule has 0 aliphatic carbocycles. The molecule has 4 rings (SSSR count). The summed E-state index contributed by atoms with van der Waals surface area (Å²) in [6, 6.07) is 14.1. The quantitative estimate of drug-likeness (QED) is 0.731. The number of aromatic nitrogens is 1. The second-order valence-electron chi connectivity index (χ2n) is 5.19. The minimum atomic E-state index is -0.458. The van der Waals surface area contributed by atoms with E-state index in [1.165, 1.54) is 0 Å². The SMILES string of the molecule is O=C(Nc1c2n(c3cc(Cl)ccc13)COC2=O)c1ccccc1. The first-order valence-electron chi connectivity index (χ1n) is 7.00. The molecule has 0 unspecified atom stereocenters. The molecule has 114 valence electrons. The molecule has 1 N–H and O–H groups in total. The van der Waals surface area contributed by atoms with Crippen molar-refractivity contribution in [2.45, 2.75) is 6.73 Å². The maximum atomic E-state index is 12.4. The van der Waals surface area contributed by atoms with Crippen LogP contribution < -0.4 is 5.32 Å². The number of hydrogen-bond donors (Lipinski definition) is 1. The number of nitrogens with zero attached hydrogens (tertiary/aromatic N) is 1. The number of carbonyl (C=O) groups is 2. The fourth-order valence-corrected chi connectivity index (χ4v) is 2.93. The van der Waals surface area contributed by atoms with E-state index in [1.54, 1.807) is 47.0 Å². The monoisotopic (exact) mass is 326 g/mol. The van der Waals surface area contributed by atoms with Gasteiger partial charge < -0.3 is 10.1 Å². The standard InChI is InChI=1S/C17H11ClN2O3/c18-11-6-7-12-13(8-11)20-9-23-17(22)15(20)14(12)19-16(21)10-4-2-1-3-5-10/h1-8H,9H2,(H,19,21). The molecule has 0 spiro atoms. The minimum absolute atomic E-state index is 0.117. The van der Waals surface area contributed by atoms with Gasteiger partial charge in [-0.2, -0.15) is 0 Å². The largest absolute Gasteiger partial charge is 0.439 e. The molecule has 1 amide bonds. The third kappa shape index (κ3) is 2.17. The number of benzene rings is 2. The molecule has 1 aliphatic heterocycles. The number of fused-ring (bicyclic) bond motifs is 3. The van der Waals surface area contributed by atoms with Crippen LogP contribution >= 0.6 is 11.6 Å². The van der Waals surface area contributed by atoms with Crippen LogP contribution in [0.25, 0.3) is 10.9 Å². The van der Waals surface area contributed by atoms with Crippen LogP contribution in [0.4, 0.5) is 5.69 Å². The molecule has 0 atom stereocenters. The van der Waals surface area contributed by atoms with Crippen molar-refractivity contribution < 1.29 is 14.3 Å². The summed E-state index contributed by atoms with van der Waals surface area (Å²) in [5, 5.41) is 4.14. The van der Waals surface area contributed by atoms with Gasteiger partial charge in [-0.05, 0) is 30.3 Å². The molecule has 0 saturated carbocycles. The molecule has 5 nitrogen and oxygen atoms in total. The molecule has 0 saturated heterocycles. The smallest absolute Gasteiger partial charge is 0.359 e. The zero-order chi connectivity index (χ0) is 16.0. The van der Waals surface area contributed by atoms with Crippen LogP contribution in [0, 0.1) is 0 Å². The van der Waals surface area contributed by atoms with Gasteiger partial charge in [0.25, 0.3) is 5.91 Å². The van der Waals surface area contributed by atoms with Crippen molar-refractivity contribution in [2.24, 2.45) is 0 Å². The van der Waals surface area contributed by atoms with Crippen molar-refractivity contribution in [1.29, 1.82) is 0 Å². The molecular formula is C17H11ClN2O3. The predicted molar refractivity (Wildman–Crippen MR) is 86.8 cm³/mol. The Morgan fingerprint density at radius 2 is 1.96 bits per heavy atom. The van der Waals surface area contributed by atoms with Crippen LogP contribution in [0.2, 0.25) is 5.02 Å². The Bertz CT molecular complexity index is 947. The fourth-order valence-electron chi connectivity index (χ4n) is 2.76. The van der Waals surface area contributed by atoms with Gasteiger partial charge in [0.15, 0.2) is 12.4 Å². The van der Waals surface area contributed by atoms with Gasteiger partial charge in [0.2, 0.25) is 0 Å². The first kappa shape index (κ1) is 13.8. The van der Waals surface area contributed by atoms with Gasteiger partial charge in [0, 0.05) is 16.0 Å². The lowest BCUT2D eigenvalue weighted by Crippen LogP contribution is -2.13. The Morgan fingerprint density at radius 1 is 1.17 bits per heavy atom. The average Bonchev–Trinajstić information content (AvgIpc) is 3.08. The Morgan fingerprint density at radius 3 is 2.74 bits per heavy atom. The molecule has 6 heteroatoms. The highest BCUT2D eigenvalue weighted by Gasteiger charge is 2.30. The zero-order valence-corrected chi connectivity index (χ0v) is 12.6. The molecule has 0 fully saturated rings. The Hall–Kier alpha value is -2.79. The first-order valence-corrected chi connectivity index (χ1v) is 7.38. The number of amides is 1. The zero-order valence-electron chi connectivity index (χ0n) is 11.9. The number of esters is 1. The summed E-state index contributed by atoms with van der Waals surface area (Å²) in [5.41, 5.74) is 2.06. The highest BCUT2D eigenvalue weighted by Crippen LogP contribution is 2.36. The lowest BCUT2D eigenvalue weighted by atomic mass is 10.2. The van der Waals surface area contributed by atoms with Gasteiger partial charge in [0.05, 0.1) is 11.2 Å². The van der Waals surface area contributed by atoms with Gasteiger partial charge in [-0.1, -0.05) is 29.8 Å². The average molecular weight is 327 g/mol. The first-order chi connectivity index (χ1) is 11.1. The summed E-state index contributed by atoms with van der Waals surface area (Å²) in [5.74, 6) is -0.740. The number of nitrogens with one attached hydrogen (secondary N) is 1. The van der Waals surface area contributed by atoms with E-state index in [1.807, 2.05) is 6.07 Å². The molecule has 0 radical (unpaired) electrons. The van der Waals surface area contributed by atoms with Crippen molar-refractivity contribution in [3.8, 4) is 0 Å². The van der Waals surface area contributed by atoms with Crippen LogP contribution in [0.5, 0.6) is 0 Å². The highest BCUT2D eigenvalue weighted by molar-refractivity contribution is 6.31. The van der Waals surface area contributed by atoms with E-state index >= 15 is 0 Å². The lowest BCUT2D eigenvalue weighted by molar-refractivity contribution is 0.0499. The van der Waals surface area contributed by atoms with E-state index in [9.17, 15) is 9.59 Å². The lowest BCUT2D eigenvalue weighted by Gasteiger charge is -2.05. The van der Waals surface area contributed by atoms with E-state index in [2.05, 4.69) is 5.32 Å². The Balaban J connectivity index is 1.85. The Labute approximate surface area is 136 Å². The maximum Gasteiger partial charge on any atom is 0.359 e. The summed E-state index contributed by atoms with van der Waals surface area (Å²) in [6.07, 6.45) is 0. The van der Waals surface area contributed by atoms with Crippen molar-refractivity contribution in [2.75, 3.05) is 5.32 Å². The number of rotatable bonds is 2.